The Bertz CT molecular complexity index is 1210. The number of hydrogen-bond donors (Lipinski definition) is 1. The summed E-state index contributed by atoms with van der Waals surface area (Å²) in [6.07, 6.45) is 2.15. The van der Waals surface area contributed by atoms with Crippen molar-refractivity contribution in [1.82, 2.24) is 4.90 Å². The Hall–Kier alpha value is -3.02. The predicted octanol–water partition coefficient (Wildman–Crippen LogP) is 5.63. The van der Waals surface area contributed by atoms with Gasteiger partial charge in [-0.05, 0) is 65.9 Å². The quantitative estimate of drug-likeness (QED) is 0.404. The fraction of sp³-hybridized carbons (Fsp3) is 0.286. The monoisotopic (exact) mass is 511 g/mol. The van der Waals surface area contributed by atoms with E-state index >= 15 is 0 Å². The van der Waals surface area contributed by atoms with Crippen LogP contribution in [0.4, 0.5) is 0 Å². The van der Waals surface area contributed by atoms with Gasteiger partial charge in [0.05, 0.1) is 6.42 Å². The van der Waals surface area contributed by atoms with Crippen LogP contribution >= 0.6 is 23.2 Å². The standard InChI is InChI=1S/C28H27Cl2NO4/c1-28(16-20-4-9-24(30)10-5-20)17-22-14-21(6-11-25(22)35-28)15-26(32)31(18-27(33)34)13-12-19-2-7-23(29)8-3-19/h2-11,14H,12-13,15-18H2,1H3,(H,33,34)/t28-/m0/s1. The van der Waals surface area contributed by atoms with Crippen molar-refractivity contribution in [1.29, 1.82) is 0 Å². The molecule has 0 spiro atoms. The third-order valence-electron chi connectivity index (χ3n) is 6.15. The maximum atomic E-state index is 13.0. The molecule has 1 amide bonds. The summed E-state index contributed by atoms with van der Waals surface area (Å²) in [5.41, 5.74) is 3.65. The van der Waals surface area contributed by atoms with Crippen LogP contribution in [0, 0.1) is 0 Å². The molecule has 182 valence electrons. The highest BCUT2D eigenvalue weighted by Gasteiger charge is 2.35. The smallest absolute Gasteiger partial charge is 0.323 e. The van der Waals surface area contributed by atoms with E-state index in [1.165, 1.54) is 4.90 Å². The van der Waals surface area contributed by atoms with Gasteiger partial charge in [0.2, 0.25) is 5.91 Å². The molecule has 0 saturated carbocycles. The van der Waals surface area contributed by atoms with Crippen LogP contribution in [-0.4, -0.2) is 40.6 Å². The predicted molar refractivity (Wildman–Crippen MR) is 137 cm³/mol. The normalized spacial score (nSPS) is 16.4. The van der Waals surface area contributed by atoms with E-state index in [9.17, 15) is 14.7 Å². The van der Waals surface area contributed by atoms with Gasteiger partial charge in [-0.3, -0.25) is 9.59 Å². The SMILES string of the molecule is C[C@]1(Cc2ccc(Cl)cc2)Cc2cc(CC(=O)N(CCc3ccc(Cl)cc3)CC(=O)O)ccc2O1. The fourth-order valence-electron chi connectivity index (χ4n) is 4.47. The number of carbonyl (C=O) groups excluding carboxylic acids is 1. The number of benzene rings is 3. The van der Waals surface area contributed by atoms with Crippen molar-refractivity contribution in [2.24, 2.45) is 0 Å². The zero-order valence-electron chi connectivity index (χ0n) is 19.5. The Morgan fingerprint density at radius 3 is 2.17 bits per heavy atom. The summed E-state index contributed by atoms with van der Waals surface area (Å²) in [6, 6.07) is 20.9. The van der Waals surface area contributed by atoms with Crippen molar-refractivity contribution >= 4 is 35.1 Å². The molecule has 0 bridgehead atoms. The van der Waals surface area contributed by atoms with Gasteiger partial charge in [-0.25, -0.2) is 0 Å². The highest BCUT2D eigenvalue weighted by Crippen LogP contribution is 2.37. The van der Waals surface area contributed by atoms with E-state index in [1.807, 2.05) is 54.6 Å². The highest BCUT2D eigenvalue weighted by molar-refractivity contribution is 6.30. The van der Waals surface area contributed by atoms with Crippen molar-refractivity contribution in [3.8, 4) is 5.75 Å². The molecule has 0 saturated heterocycles. The van der Waals surface area contributed by atoms with Gasteiger partial charge in [0, 0.05) is 29.4 Å². The lowest BCUT2D eigenvalue weighted by Gasteiger charge is -2.24. The molecular weight excluding hydrogens is 485 g/mol. The van der Waals surface area contributed by atoms with Gasteiger partial charge in [-0.1, -0.05) is 59.6 Å². The van der Waals surface area contributed by atoms with Crippen LogP contribution in [0.3, 0.4) is 0 Å². The molecule has 35 heavy (non-hydrogen) atoms. The van der Waals surface area contributed by atoms with Gasteiger partial charge < -0.3 is 14.7 Å². The third-order valence-corrected chi connectivity index (χ3v) is 6.66. The number of carbonyl (C=O) groups is 2. The molecule has 5 nitrogen and oxygen atoms in total. The molecule has 3 aromatic carbocycles. The number of nitrogens with zero attached hydrogens (tertiary/aromatic N) is 1. The molecule has 1 N–H and O–H groups in total. The van der Waals surface area contributed by atoms with Gasteiger partial charge in [-0.2, -0.15) is 0 Å². The van der Waals surface area contributed by atoms with E-state index in [0.717, 1.165) is 40.8 Å². The number of rotatable bonds is 9. The van der Waals surface area contributed by atoms with Gasteiger partial charge in [0.15, 0.2) is 0 Å². The highest BCUT2D eigenvalue weighted by atomic mass is 35.5. The van der Waals surface area contributed by atoms with Crippen LogP contribution in [0.25, 0.3) is 0 Å². The number of hydrogen-bond acceptors (Lipinski definition) is 3. The number of carboxylic acids is 1. The van der Waals surface area contributed by atoms with Gasteiger partial charge >= 0.3 is 5.97 Å². The summed E-state index contributed by atoms with van der Waals surface area (Å²) in [5, 5.41) is 10.7. The van der Waals surface area contributed by atoms with Crippen LogP contribution in [0.15, 0.2) is 66.7 Å². The van der Waals surface area contributed by atoms with Crippen LogP contribution in [0.2, 0.25) is 10.0 Å². The summed E-state index contributed by atoms with van der Waals surface area (Å²) < 4.78 is 6.27. The van der Waals surface area contributed by atoms with Crippen molar-refractivity contribution in [2.45, 2.75) is 38.2 Å². The molecule has 0 unspecified atom stereocenters. The van der Waals surface area contributed by atoms with Crippen LogP contribution in [-0.2, 0) is 35.3 Å². The Labute approximate surface area is 215 Å². The van der Waals surface area contributed by atoms with Crippen molar-refractivity contribution in [3.63, 3.8) is 0 Å². The summed E-state index contributed by atoms with van der Waals surface area (Å²) in [4.78, 5) is 25.8. The average molecular weight is 512 g/mol. The third kappa shape index (κ3) is 6.77. The second-order valence-corrected chi connectivity index (χ2v) is 10.1. The fourth-order valence-corrected chi connectivity index (χ4v) is 4.73. The first-order valence-electron chi connectivity index (χ1n) is 11.5. The topological polar surface area (TPSA) is 66.8 Å². The maximum Gasteiger partial charge on any atom is 0.323 e. The lowest BCUT2D eigenvalue weighted by atomic mass is 9.91. The number of carboxylic acid groups (broad SMARTS) is 1. The minimum atomic E-state index is -1.03. The molecule has 7 heteroatoms. The van der Waals surface area contributed by atoms with Gasteiger partial charge in [-0.15, -0.1) is 0 Å². The van der Waals surface area contributed by atoms with E-state index in [0.29, 0.717) is 23.0 Å². The minimum absolute atomic E-state index is 0.134. The Morgan fingerprint density at radius 2 is 1.54 bits per heavy atom. The first kappa shape index (κ1) is 25.1. The number of amides is 1. The Kier molecular flexibility index (Phi) is 7.68. The van der Waals surface area contributed by atoms with Crippen LogP contribution in [0.1, 0.15) is 29.2 Å². The van der Waals surface area contributed by atoms with Crippen LogP contribution in [0.5, 0.6) is 5.75 Å². The van der Waals surface area contributed by atoms with Crippen LogP contribution < -0.4 is 4.74 Å². The summed E-state index contributed by atoms with van der Waals surface area (Å²) in [5.74, 6) is -0.429. The van der Waals surface area contributed by atoms with Gasteiger partial charge in [0.1, 0.15) is 17.9 Å². The van der Waals surface area contributed by atoms with E-state index < -0.39 is 5.97 Å². The van der Waals surface area contributed by atoms with E-state index in [-0.39, 0.29) is 24.5 Å². The molecule has 0 fully saturated rings. The largest absolute Gasteiger partial charge is 0.487 e. The zero-order valence-corrected chi connectivity index (χ0v) is 21.0. The Morgan fingerprint density at radius 1 is 0.943 bits per heavy atom. The molecular formula is C28H27Cl2NO4. The molecule has 1 heterocycles. The molecule has 1 aliphatic rings. The van der Waals surface area contributed by atoms with Crippen molar-refractivity contribution < 1.29 is 19.4 Å². The second-order valence-electron chi connectivity index (χ2n) is 9.24. The maximum absolute atomic E-state index is 13.0. The molecule has 4 rings (SSSR count). The summed E-state index contributed by atoms with van der Waals surface area (Å²) in [6.45, 7) is 2.07. The number of ether oxygens (including phenoxy) is 1. The molecule has 0 radical (unpaired) electrons. The first-order chi connectivity index (χ1) is 16.7. The molecule has 0 aromatic heterocycles. The number of halogens is 2. The van der Waals surface area contributed by atoms with E-state index in [2.05, 4.69) is 6.92 Å². The minimum Gasteiger partial charge on any atom is -0.487 e. The lowest BCUT2D eigenvalue weighted by Crippen LogP contribution is -2.38. The lowest BCUT2D eigenvalue weighted by molar-refractivity contribution is -0.144. The summed E-state index contributed by atoms with van der Waals surface area (Å²) >= 11 is 11.9. The molecule has 1 aliphatic heterocycles. The zero-order chi connectivity index (χ0) is 25.0. The van der Waals surface area contributed by atoms with Gasteiger partial charge in [0.25, 0.3) is 0 Å². The van der Waals surface area contributed by atoms with Crippen molar-refractivity contribution in [3.05, 3.63) is 99.0 Å². The first-order valence-corrected chi connectivity index (χ1v) is 12.2. The second kappa shape index (κ2) is 10.7. The van der Waals surface area contributed by atoms with Crippen molar-refractivity contribution in [2.75, 3.05) is 13.1 Å². The average Bonchev–Trinajstić information content (AvgIpc) is 3.14. The molecule has 0 aliphatic carbocycles. The molecule has 3 aromatic rings. The number of aliphatic carboxylic acids is 1. The van der Waals surface area contributed by atoms with E-state index in [1.54, 1.807) is 12.1 Å². The van der Waals surface area contributed by atoms with E-state index in [4.69, 9.17) is 27.9 Å². The molecule has 1 atom stereocenters. The summed E-state index contributed by atoms with van der Waals surface area (Å²) in [7, 11) is 0. The Balaban J connectivity index is 1.40. The number of fused-ring (bicyclic) bond motifs is 1.